The summed E-state index contributed by atoms with van der Waals surface area (Å²) >= 11 is 0. The highest BCUT2D eigenvalue weighted by Gasteiger charge is 2.44. The van der Waals surface area contributed by atoms with Gasteiger partial charge in [0.05, 0.1) is 19.1 Å². The van der Waals surface area contributed by atoms with Gasteiger partial charge >= 0.3 is 5.97 Å². The highest BCUT2D eigenvalue weighted by atomic mass is 16.7. The highest BCUT2D eigenvalue weighted by molar-refractivity contribution is 5.79. The van der Waals surface area contributed by atoms with Crippen molar-refractivity contribution in [3.05, 3.63) is 70.3 Å². The van der Waals surface area contributed by atoms with Crippen LogP contribution in [0, 0.1) is 0 Å². The van der Waals surface area contributed by atoms with E-state index in [0.29, 0.717) is 13.2 Å². The second-order valence-electron chi connectivity index (χ2n) is 6.14. The van der Waals surface area contributed by atoms with Crippen LogP contribution in [0.5, 0.6) is 0 Å². The van der Waals surface area contributed by atoms with Crippen LogP contribution in [0.15, 0.2) is 42.5 Å². The molecule has 1 unspecified atom stereocenters. The molecule has 24 heavy (non-hydrogen) atoms. The van der Waals surface area contributed by atoms with Crippen molar-refractivity contribution >= 4 is 18.1 Å². The second kappa shape index (κ2) is 5.58. The van der Waals surface area contributed by atoms with Crippen molar-refractivity contribution in [3.63, 3.8) is 0 Å². The Balaban J connectivity index is 1.92. The van der Waals surface area contributed by atoms with Gasteiger partial charge in [-0.3, -0.25) is 4.79 Å². The third-order valence-electron chi connectivity index (χ3n) is 4.75. The van der Waals surface area contributed by atoms with Crippen molar-refractivity contribution in [2.45, 2.75) is 18.6 Å². The molecule has 0 saturated carbocycles. The fourth-order valence-electron chi connectivity index (χ4n) is 3.42. The zero-order chi connectivity index (χ0) is 16.7. The maximum atomic E-state index is 11.3. The standard InChI is InChI=1S/C20H18O4/c1-13(19(21)22)15-8-9-18-16(12-15)7-6-14-4-2-3-5-17(14)20(18)23-10-11-24-20/h2-9,12-13H,10-11H2,1H3,(H,21,22). The van der Waals surface area contributed by atoms with Gasteiger partial charge < -0.3 is 14.6 Å². The van der Waals surface area contributed by atoms with Gasteiger partial charge in [0.2, 0.25) is 5.79 Å². The second-order valence-corrected chi connectivity index (χ2v) is 6.14. The van der Waals surface area contributed by atoms with Crippen molar-refractivity contribution in [2.24, 2.45) is 0 Å². The molecule has 1 atom stereocenters. The van der Waals surface area contributed by atoms with Gasteiger partial charge in [-0.05, 0) is 23.6 Å². The predicted octanol–water partition coefficient (Wildman–Crippen LogP) is 3.61. The molecule has 1 N–H and O–H groups in total. The molecule has 1 aliphatic heterocycles. The number of rotatable bonds is 2. The van der Waals surface area contributed by atoms with E-state index in [4.69, 9.17) is 9.47 Å². The van der Waals surface area contributed by atoms with Crippen LogP contribution in [0.1, 0.15) is 40.7 Å². The molecule has 4 heteroatoms. The number of hydrogen-bond donors (Lipinski definition) is 1. The molecule has 0 radical (unpaired) electrons. The molecule has 2 aliphatic rings. The first-order valence-corrected chi connectivity index (χ1v) is 8.04. The van der Waals surface area contributed by atoms with E-state index < -0.39 is 17.7 Å². The zero-order valence-corrected chi connectivity index (χ0v) is 13.4. The van der Waals surface area contributed by atoms with Crippen LogP contribution in [0.3, 0.4) is 0 Å². The molecule has 122 valence electrons. The van der Waals surface area contributed by atoms with Crippen LogP contribution < -0.4 is 0 Å². The monoisotopic (exact) mass is 322 g/mol. The lowest BCUT2D eigenvalue weighted by Crippen LogP contribution is -2.30. The van der Waals surface area contributed by atoms with Gasteiger partial charge in [-0.1, -0.05) is 54.6 Å². The van der Waals surface area contributed by atoms with Crippen molar-refractivity contribution in [3.8, 4) is 0 Å². The number of carboxylic acids is 1. The van der Waals surface area contributed by atoms with Crippen LogP contribution in [0.4, 0.5) is 0 Å². The zero-order valence-electron chi connectivity index (χ0n) is 13.4. The van der Waals surface area contributed by atoms with Gasteiger partial charge in [-0.25, -0.2) is 0 Å². The topological polar surface area (TPSA) is 55.8 Å². The Morgan fingerprint density at radius 3 is 2.46 bits per heavy atom. The van der Waals surface area contributed by atoms with Crippen molar-refractivity contribution < 1.29 is 19.4 Å². The lowest BCUT2D eigenvalue weighted by Gasteiger charge is -2.30. The van der Waals surface area contributed by atoms with Crippen LogP contribution in [-0.4, -0.2) is 24.3 Å². The fourth-order valence-corrected chi connectivity index (χ4v) is 3.42. The summed E-state index contributed by atoms with van der Waals surface area (Å²) in [5, 5.41) is 9.27. The third-order valence-corrected chi connectivity index (χ3v) is 4.75. The molecule has 0 aromatic heterocycles. The Hall–Kier alpha value is -2.43. The van der Waals surface area contributed by atoms with E-state index in [1.165, 1.54) is 0 Å². The fraction of sp³-hybridized carbons (Fsp3) is 0.250. The summed E-state index contributed by atoms with van der Waals surface area (Å²) in [6.45, 7) is 2.75. The van der Waals surface area contributed by atoms with Crippen molar-refractivity contribution in [2.75, 3.05) is 13.2 Å². The number of carboxylic acid groups (broad SMARTS) is 1. The molecule has 2 aromatic rings. The van der Waals surface area contributed by atoms with Gasteiger partial charge in [0.15, 0.2) is 0 Å². The van der Waals surface area contributed by atoms with E-state index in [1.807, 2.05) is 54.6 Å². The number of ether oxygens (including phenoxy) is 2. The largest absolute Gasteiger partial charge is 0.481 e. The van der Waals surface area contributed by atoms with Gasteiger partial charge in [0.25, 0.3) is 0 Å². The Morgan fingerprint density at radius 2 is 1.71 bits per heavy atom. The smallest absolute Gasteiger partial charge is 0.310 e. The molecule has 0 amide bonds. The number of benzene rings is 2. The lowest BCUT2D eigenvalue weighted by atomic mass is 9.90. The first-order valence-electron chi connectivity index (χ1n) is 8.04. The van der Waals surface area contributed by atoms with Crippen LogP contribution in [0.25, 0.3) is 12.2 Å². The molecule has 1 spiro atoms. The Bertz CT molecular complexity index is 831. The normalized spacial score (nSPS) is 18.7. The van der Waals surface area contributed by atoms with E-state index in [1.54, 1.807) is 6.92 Å². The highest BCUT2D eigenvalue weighted by Crippen LogP contribution is 2.44. The molecule has 2 aromatic carbocycles. The minimum atomic E-state index is -0.916. The third kappa shape index (κ3) is 2.19. The minimum Gasteiger partial charge on any atom is -0.481 e. The number of fused-ring (bicyclic) bond motifs is 4. The molecule has 4 nitrogen and oxygen atoms in total. The Morgan fingerprint density at radius 1 is 1.04 bits per heavy atom. The molecule has 1 heterocycles. The van der Waals surface area contributed by atoms with E-state index in [2.05, 4.69) is 0 Å². The average molecular weight is 322 g/mol. The SMILES string of the molecule is CC(C(=O)O)c1ccc2c(c1)C=Cc1ccccc1C21OCCO1. The summed E-state index contributed by atoms with van der Waals surface area (Å²) in [6, 6.07) is 13.7. The number of carbonyl (C=O) groups is 1. The molecule has 4 rings (SSSR count). The average Bonchev–Trinajstić information content (AvgIpc) is 3.04. The number of hydrogen-bond acceptors (Lipinski definition) is 3. The van der Waals surface area contributed by atoms with Crippen LogP contribution >= 0.6 is 0 Å². The molecule has 1 fully saturated rings. The molecule has 0 bridgehead atoms. The molecule has 1 saturated heterocycles. The van der Waals surface area contributed by atoms with Gasteiger partial charge in [0.1, 0.15) is 0 Å². The Kier molecular flexibility index (Phi) is 3.52. The summed E-state index contributed by atoms with van der Waals surface area (Å²) in [5.41, 5.74) is 4.64. The first kappa shape index (κ1) is 15.1. The Labute approximate surface area is 140 Å². The minimum absolute atomic E-state index is 0.529. The maximum Gasteiger partial charge on any atom is 0.310 e. The maximum absolute atomic E-state index is 11.3. The summed E-state index contributed by atoms with van der Waals surface area (Å²) in [5.74, 6) is -2.31. The van der Waals surface area contributed by atoms with Crippen LogP contribution in [-0.2, 0) is 20.1 Å². The predicted molar refractivity (Wildman–Crippen MR) is 90.5 cm³/mol. The van der Waals surface area contributed by atoms with Crippen molar-refractivity contribution in [1.82, 2.24) is 0 Å². The van der Waals surface area contributed by atoms with E-state index >= 15 is 0 Å². The van der Waals surface area contributed by atoms with Crippen molar-refractivity contribution in [1.29, 1.82) is 0 Å². The lowest BCUT2D eigenvalue weighted by molar-refractivity contribution is -0.138. The quantitative estimate of drug-likeness (QED) is 0.918. The van der Waals surface area contributed by atoms with Gasteiger partial charge in [-0.2, -0.15) is 0 Å². The summed E-state index contributed by atoms with van der Waals surface area (Å²) < 4.78 is 12.2. The van der Waals surface area contributed by atoms with Crippen LogP contribution in [0.2, 0.25) is 0 Å². The summed E-state index contributed by atoms with van der Waals surface area (Å²) in [4.78, 5) is 11.3. The van der Waals surface area contributed by atoms with E-state index in [9.17, 15) is 9.90 Å². The van der Waals surface area contributed by atoms with E-state index in [-0.39, 0.29) is 0 Å². The molecule has 1 aliphatic carbocycles. The van der Waals surface area contributed by atoms with Gasteiger partial charge in [0, 0.05) is 11.1 Å². The molecular weight excluding hydrogens is 304 g/mol. The first-order chi connectivity index (χ1) is 11.6. The summed E-state index contributed by atoms with van der Waals surface area (Å²) in [7, 11) is 0. The molecular formula is C20H18O4. The van der Waals surface area contributed by atoms with E-state index in [0.717, 1.165) is 27.8 Å². The summed E-state index contributed by atoms with van der Waals surface area (Å²) in [6.07, 6.45) is 4.04. The van der Waals surface area contributed by atoms with Gasteiger partial charge in [-0.15, -0.1) is 0 Å². The number of aliphatic carboxylic acids is 1.